The van der Waals surface area contributed by atoms with Crippen LogP contribution in [0.2, 0.25) is 0 Å². The van der Waals surface area contributed by atoms with Crippen LogP contribution in [0.3, 0.4) is 0 Å². The van der Waals surface area contributed by atoms with Gasteiger partial charge in [0.25, 0.3) is 5.91 Å². The van der Waals surface area contributed by atoms with Crippen LogP contribution in [0, 0.1) is 0 Å². The molecule has 1 aromatic heterocycles. The Balaban J connectivity index is 1.48. The summed E-state index contributed by atoms with van der Waals surface area (Å²) in [5, 5.41) is 10.5. The number of anilines is 2. The fourth-order valence-electron chi connectivity index (χ4n) is 3.00. The van der Waals surface area contributed by atoms with Crippen LogP contribution in [-0.4, -0.2) is 26.7 Å². The molecule has 0 unspecified atom stereocenters. The third-order valence-corrected chi connectivity index (χ3v) is 4.58. The molecule has 3 N–H and O–H groups in total. The Bertz CT molecular complexity index is 1190. The van der Waals surface area contributed by atoms with Crippen LogP contribution in [-0.2, 0) is 6.54 Å². The van der Waals surface area contributed by atoms with E-state index in [0.29, 0.717) is 16.9 Å². The van der Waals surface area contributed by atoms with E-state index in [4.69, 9.17) is 5.73 Å². The van der Waals surface area contributed by atoms with Gasteiger partial charge in [-0.2, -0.15) is 0 Å². The number of aromatic nitrogens is 3. The summed E-state index contributed by atoms with van der Waals surface area (Å²) in [6.45, 7) is -0.00404. The molecule has 0 fully saturated rings. The number of hydrogen-bond acceptors (Lipinski definition) is 5. The number of nitrogens with zero attached hydrogens (tertiary/aromatic N) is 3. The van der Waals surface area contributed by atoms with Gasteiger partial charge in [0.15, 0.2) is 11.5 Å². The zero-order valence-corrected chi connectivity index (χ0v) is 16.0. The second-order valence-corrected chi connectivity index (χ2v) is 6.71. The summed E-state index contributed by atoms with van der Waals surface area (Å²) in [5.41, 5.74) is 9.56. The number of nitrogen functional groups attached to an aromatic ring is 1. The number of benzene rings is 3. The number of nitrogens with one attached hydrogen (secondary N) is 1. The predicted octanol–water partition coefficient (Wildman–Crippen LogP) is 3.66. The van der Waals surface area contributed by atoms with Crippen LogP contribution < -0.4 is 11.1 Å². The summed E-state index contributed by atoms with van der Waals surface area (Å²) in [6.07, 6.45) is 1.44. The predicted molar refractivity (Wildman–Crippen MR) is 115 cm³/mol. The van der Waals surface area contributed by atoms with Crippen molar-refractivity contribution in [3.05, 3.63) is 96.3 Å². The van der Waals surface area contributed by atoms with Crippen LogP contribution in [0.1, 0.15) is 20.8 Å². The summed E-state index contributed by atoms with van der Waals surface area (Å²) in [4.78, 5) is 24.9. The van der Waals surface area contributed by atoms with Crippen molar-refractivity contribution in [3.8, 4) is 11.1 Å². The lowest BCUT2D eigenvalue weighted by Gasteiger charge is -2.09. The molecule has 0 atom stereocenters. The molecule has 0 saturated heterocycles. The molecule has 1 heterocycles. The minimum absolute atomic E-state index is 0.00404. The fourth-order valence-corrected chi connectivity index (χ4v) is 3.00. The van der Waals surface area contributed by atoms with Gasteiger partial charge in [-0.3, -0.25) is 9.59 Å². The first-order valence-electron chi connectivity index (χ1n) is 9.35. The van der Waals surface area contributed by atoms with Crippen LogP contribution in [0.15, 0.2) is 85.1 Å². The van der Waals surface area contributed by atoms with E-state index >= 15 is 0 Å². The number of ketones is 1. The second kappa shape index (κ2) is 8.40. The Morgan fingerprint density at radius 2 is 1.60 bits per heavy atom. The Labute approximate surface area is 173 Å². The summed E-state index contributed by atoms with van der Waals surface area (Å²) >= 11 is 0. The normalized spacial score (nSPS) is 10.5. The molecular formula is C23H19N5O2. The van der Waals surface area contributed by atoms with Crippen LogP contribution in [0.5, 0.6) is 0 Å². The number of nitrogens with two attached hydrogens (primary N) is 1. The molecule has 0 aliphatic carbocycles. The van der Waals surface area contributed by atoms with Gasteiger partial charge in [-0.25, -0.2) is 4.68 Å². The topological polar surface area (TPSA) is 103 Å². The van der Waals surface area contributed by atoms with Crippen molar-refractivity contribution in [2.24, 2.45) is 0 Å². The Morgan fingerprint density at radius 1 is 0.900 bits per heavy atom. The van der Waals surface area contributed by atoms with E-state index in [-0.39, 0.29) is 18.0 Å². The van der Waals surface area contributed by atoms with Gasteiger partial charge < -0.3 is 11.1 Å². The molecular weight excluding hydrogens is 378 g/mol. The number of Topliss-reactive ketones (excluding diaryl/α,β-unsaturated/α-hetero) is 1. The number of amides is 1. The monoisotopic (exact) mass is 397 g/mol. The molecule has 7 nitrogen and oxygen atoms in total. The van der Waals surface area contributed by atoms with Crippen molar-refractivity contribution >= 4 is 23.1 Å². The van der Waals surface area contributed by atoms with E-state index in [1.807, 2.05) is 48.5 Å². The molecule has 3 aromatic carbocycles. The van der Waals surface area contributed by atoms with E-state index < -0.39 is 5.91 Å². The summed E-state index contributed by atoms with van der Waals surface area (Å²) in [5.74, 6) is -0.572. The highest BCUT2D eigenvalue weighted by Crippen LogP contribution is 2.27. The molecule has 0 saturated carbocycles. The van der Waals surface area contributed by atoms with Gasteiger partial charge in [0, 0.05) is 5.56 Å². The minimum atomic E-state index is -0.453. The first-order valence-corrected chi connectivity index (χ1v) is 9.35. The van der Waals surface area contributed by atoms with Crippen molar-refractivity contribution in [1.29, 1.82) is 0 Å². The summed E-state index contributed by atoms with van der Waals surface area (Å²) in [7, 11) is 0. The lowest BCUT2D eigenvalue weighted by Crippen LogP contribution is -2.14. The molecule has 1 amide bonds. The highest BCUT2D eigenvalue weighted by atomic mass is 16.2. The maximum absolute atomic E-state index is 12.6. The molecule has 0 radical (unpaired) electrons. The average molecular weight is 397 g/mol. The Hall–Kier alpha value is -4.26. The average Bonchev–Trinajstić information content (AvgIpc) is 3.25. The van der Waals surface area contributed by atoms with Gasteiger partial charge in [-0.05, 0) is 23.3 Å². The van der Waals surface area contributed by atoms with Crippen LogP contribution in [0.4, 0.5) is 11.4 Å². The quantitative estimate of drug-likeness (QED) is 0.382. The molecule has 148 valence electrons. The third-order valence-electron chi connectivity index (χ3n) is 4.58. The molecule has 0 aliphatic rings. The van der Waals surface area contributed by atoms with Gasteiger partial charge >= 0.3 is 0 Å². The SMILES string of the molecule is Nc1ccc(-c2ccccc2)cc1NC(=O)c1cn(CC(=O)c2ccccc2)nn1. The van der Waals surface area contributed by atoms with Crippen molar-refractivity contribution in [2.45, 2.75) is 6.54 Å². The van der Waals surface area contributed by atoms with E-state index in [1.54, 1.807) is 30.3 Å². The molecule has 0 spiro atoms. The van der Waals surface area contributed by atoms with Gasteiger partial charge in [-0.1, -0.05) is 71.9 Å². The van der Waals surface area contributed by atoms with E-state index in [9.17, 15) is 9.59 Å². The Kier molecular flexibility index (Phi) is 5.34. The molecule has 0 aliphatic heterocycles. The lowest BCUT2D eigenvalue weighted by atomic mass is 10.0. The van der Waals surface area contributed by atoms with Crippen molar-refractivity contribution in [1.82, 2.24) is 15.0 Å². The van der Waals surface area contributed by atoms with Crippen molar-refractivity contribution in [3.63, 3.8) is 0 Å². The number of hydrogen-bond donors (Lipinski definition) is 2. The smallest absolute Gasteiger partial charge is 0.277 e. The maximum Gasteiger partial charge on any atom is 0.277 e. The van der Waals surface area contributed by atoms with E-state index in [1.165, 1.54) is 10.9 Å². The number of carbonyl (C=O) groups is 2. The number of rotatable bonds is 6. The standard InChI is InChI=1S/C23H19N5O2/c24-19-12-11-18(16-7-3-1-4-8-16)13-20(19)25-23(30)21-14-28(27-26-21)15-22(29)17-9-5-2-6-10-17/h1-14H,15,24H2,(H,25,30). The zero-order valence-electron chi connectivity index (χ0n) is 16.0. The van der Waals surface area contributed by atoms with E-state index in [0.717, 1.165) is 11.1 Å². The Morgan fingerprint density at radius 3 is 2.33 bits per heavy atom. The first-order chi connectivity index (χ1) is 14.6. The maximum atomic E-state index is 12.6. The third kappa shape index (κ3) is 4.25. The molecule has 4 rings (SSSR count). The molecule has 30 heavy (non-hydrogen) atoms. The second-order valence-electron chi connectivity index (χ2n) is 6.71. The molecule has 0 bridgehead atoms. The summed E-state index contributed by atoms with van der Waals surface area (Å²) < 4.78 is 1.34. The summed E-state index contributed by atoms with van der Waals surface area (Å²) in [6, 6.07) is 24.1. The largest absolute Gasteiger partial charge is 0.397 e. The van der Waals surface area contributed by atoms with Gasteiger partial charge in [0.05, 0.1) is 17.6 Å². The van der Waals surface area contributed by atoms with Crippen LogP contribution in [0.25, 0.3) is 11.1 Å². The minimum Gasteiger partial charge on any atom is -0.397 e. The highest BCUT2D eigenvalue weighted by Gasteiger charge is 2.15. The number of carbonyl (C=O) groups excluding carboxylic acids is 2. The lowest BCUT2D eigenvalue weighted by molar-refractivity contribution is 0.0965. The van der Waals surface area contributed by atoms with Crippen LogP contribution >= 0.6 is 0 Å². The fraction of sp³-hybridized carbons (Fsp3) is 0.0435. The van der Waals surface area contributed by atoms with Gasteiger partial charge in [0.1, 0.15) is 6.54 Å². The van der Waals surface area contributed by atoms with Crippen molar-refractivity contribution < 1.29 is 9.59 Å². The van der Waals surface area contributed by atoms with Crippen molar-refractivity contribution in [2.75, 3.05) is 11.1 Å². The zero-order chi connectivity index (χ0) is 20.9. The molecule has 7 heteroatoms. The van der Waals surface area contributed by atoms with E-state index in [2.05, 4.69) is 15.6 Å². The first kappa shape index (κ1) is 19.1. The van der Waals surface area contributed by atoms with Gasteiger partial charge in [0.2, 0.25) is 0 Å². The highest BCUT2D eigenvalue weighted by molar-refractivity contribution is 6.04. The van der Waals surface area contributed by atoms with Gasteiger partial charge in [-0.15, -0.1) is 5.10 Å². The molecule has 4 aromatic rings.